The highest BCUT2D eigenvalue weighted by Gasteiger charge is 2.23. The predicted molar refractivity (Wildman–Crippen MR) is 550 cm³/mol. The molecule has 22 nitrogen and oxygen atoms in total. The molecule has 734 valence electrons. The molecule has 0 radical (unpaired) electrons. The lowest BCUT2D eigenvalue weighted by atomic mass is 9.92. The van der Waals surface area contributed by atoms with E-state index in [1.807, 2.05) is 72.8 Å². The highest BCUT2D eigenvalue weighted by Crippen LogP contribution is 2.41. The molecule has 1 aliphatic heterocycles. The molecule has 10 aromatic carbocycles. The van der Waals surface area contributed by atoms with Gasteiger partial charge in [-0.1, -0.05) is 236 Å². The molecule has 0 saturated carbocycles. The third kappa shape index (κ3) is 34.8. The summed E-state index contributed by atoms with van der Waals surface area (Å²) in [4.78, 5) is 12.8. The monoisotopic (exact) mass is 1990 g/mol. The Kier molecular flexibility index (Phi) is 40.7. The van der Waals surface area contributed by atoms with Crippen LogP contribution in [-0.4, -0.2) is 133 Å². The van der Waals surface area contributed by atoms with Gasteiger partial charge >= 0.3 is 11.3 Å². The number of anilines is 6. The van der Waals surface area contributed by atoms with Crippen LogP contribution in [0.25, 0.3) is 62.0 Å². The molecule has 3 aliphatic carbocycles. The van der Waals surface area contributed by atoms with Gasteiger partial charge in [-0.25, -0.2) is 69.5 Å². The summed E-state index contributed by atoms with van der Waals surface area (Å²) in [5.41, 5.74) is 32.2. The maximum atomic E-state index is 8.49. The minimum Gasteiger partial charge on any atom is -0.456 e. The summed E-state index contributed by atoms with van der Waals surface area (Å²) >= 11 is 7.08. The number of benzene rings is 10. The zero-order valence-corrected chi connectivity index (χ0v) is 85.4. The predicted octanol–water partition coefficient (Wildman–Crippen LogP) is 12.1. The van der Waals surface area contributed by atoms with Gasteiger partial charge in [0, 0.05) is 171 Å². The highest BCUT2D eigenvalue weighted by molar-refractivity contribution is 6.32. The standard InChI is InChI=1S/C40H30ClO2.C39H45N4.C37H43N4.3ClHO4/c41-40-30(22-24-32-26-38(28-12-3-1-4-13-28)42-36-20-9-7-18-34(32)36)16-11-17-31(40)23-25-33-27-39(29-14-5-2-6-15-29)43-37-21-10-8-19-35(33)37;1-40(2)34-22-14-30(15-23-34)38(31-16-24-35(25-17-31)41(3)4)12-10-9-11-13-39(32-18-26-36(27-19-32)42(5)6)33-20-28-37(29-21-33)43(7)8;1-38(2)32-20-12-28(13-21-32)36(29-14-22-33(23-15-29)39(3)4)10-9-11-37(30-16-24-34(25-17-30)40(5)6)31-18-26-35(27-19-31)41(7)8;3*2-1(3,4)5/h1-10,12-15,18-27H,11,16-17H2;9-29H,1-8H3;9-27H,1-8H3;3*(H,2,3,4,5)/q3*+1;;;/p-3. The normalized spacial score (nSPS) is 13.8. The molecule has 0 saturated heterocycles. The Balaban J connectivity index is 0.000000204. The summed E-state index contributed by atoms with van der Waals surface area (Å²) in [5, 5.41) is 1.91. The first kappa shape index (κ1) is 110. The van der Waals surface area contributed by atoms with E-state index in [1.54, 1.807) is 0 Å². The van der Waals surface area contributed by atoms with Crippen molar-refractivity contribution in [2.24, 2.45) is 0 Å². The largest absolute Gasteiger partial charge is 0.456 e. The van der Waals surface area contributed by atoms with Gasteiger partial charge in [0.15, 0.2) is 11.4 Å². The number of allylic oxidation sites excluding steroid dienone is 28. The molecule has 4 aliphatic rings. The number of rotatable bonds is 22. The third-order valence-corrected chi connectivity index (χ3v) is 23.2. The summed E-state index contributed by atoms with van der Waals surface area (Å²) < 4.78 is 119. The van der Waals surface area contributed by atoms with E-state index in [0.29, 0.717) is 0 Å². The number of ether oxygens (including phenoxy) is 1. The molecule has 2 heterocycles. The van der Waals surface area contributed by atoms with Gasteiger partial charge < -0.3 is 34.1 Å². The van der Waals surface area contributed by atoms with Crippen molar-refractivity contribution in [3.05, 3.63) is 460 Å². The second kappa shape index (κ2) is 52.5. The van der Waals surface area contributed by atoms with Gasteiger partial charge in [-0.15, -0.1) is 30.7 Å². The molecular formula is C116H118Cl4N8O14. The van der Waals surface area contributed by atoms with Crippen LogP contribution in [0.15, 0.2) is 414 Å². The molecule has 26 heteroatoms. The van der Waals surface area contributed by atoms with E-state index in [-0.39, 0.29) is 0 Å². The van der Waals surface area contributed by atoms with E-state index in [4.69, 9.17) is 76.7 Å². The number of hydrogen-bond acceptors (Lipinski definition) is 19. The van der Waals surface area contributed by atoms with Crippen LogP contribution in [-0.2, 0) is 0 Å². The first-order valence-electron chi connectivity index (χ1n) is 45.2. The van der Waals surface area contributed by atoms with Crippen LogP contribution >= 0.6 is 11.6 Å². The molecule has 15 rings (SSSR count). The van der Waals surface area contributed by atoms with Crippen molar-refractivity contribution in [2.75, 3.05) is 142 Å². The topological polar surface area (TPSA) is 323 Å². The van der Waals surface area contributed by atoms with Gasteiger partial charge in [-0.3, -0.25) is 0 Å². The van der Waals surface area contributed by atoms with Crippen LogP contribution in [0.3, 0.4) is 0 Å². The Bertz CT molecular complexity index is 6530. The molecule has 0 N–H and O–H groups in total. The van der Waals surface area contributed by atoms with Crippen LogP contribution in [0.2, 0.25) is 0 Å². The van der Waals surface area contributed by atoms with E-state index < -0.39 is 30.7 Å². The van der Waals surface area contributed by atoms with Crippen LogP contribution in [0.5, 0.6) is 5.75 Å². The van der Waals surface area contributed by atoms with E-state index in [2.05, 4.69) is 467 Å². The van der Waals surface area contributed by atoms with Crippen LogP contribution in [0, 0.1) is 30.7 Å². The number of nitrogens with zero attached hydrogens (tertiary/aromatic N) is 8. The Labute approximate surface area is 845 Å². The number of halogens is 4. The van der Waals surface area contributed by atoms with Crippen molar-refractivity contribution in [2.45, 2.75) is 19.3 Å². The quantitative estimate of drug-likeness (QED) is 0.0345. The second-order valence-corrected chi connectivity index (χ2v) is 37.1. The molecule has 1 aromatic heterocycles. The van der Waals surface area contributed by atoms with Crippen LogP contribution in [0.4, 0.5) is 34.1 Å². The Hall–Kier alpha value is -13.9. The number of fused-ring (bicyclic) bond motifs is 2. The lowest BCUT2D eigenvalue weighted by molar-refractivity contribution is -2.00. The minimum absolute atomic E-state index is 0.833. The van der Waals surface area contributed by atoms with Crippen molar-refractivity contribution in [1.82, 2.24) is 0 Å². The third-order valence-electron chi connectivity index (χ3n) is 22.7. The molecule has 11 aromatic rings. The van der Waals surface area contributed by atoms with Gasteiger partial charge in [0.25, 0.3) is 0 Å². The highest BCUT2D eigenvalue weighted by atomic mass is 35.7. The summed E-state index contributed by atoms with van der Waals surface area (Å²) in [6, 6.07) is 91.5. The molecule has 0 atom stereocenters. The van der Waals surface area contributed by atoms with E-state index in [1.165, 1.54) is 112 Å². The SMILES string of the molecule is CN(C)c1ccc(C(=C/C=C/C(=C2C=CC(=[N+](C)C)C=C2)c2ccc(N(C)C)cc2)c2ccc(N(C)C)cc2)cc1.CN(C)c1ccc(C(=C/C=C/C=C/C(=C2C=CC(=[N+](C)C)C=C2)c2ccc(N(C)C)cc2)c2ccc(N(C)C)cc2)cc1.ClC1=C(/C=C/c2cc(-c3ccccc3)[o+]c3ccccc23)CCC/C1=C\C=C1/C=C(c2ccccc2)Oc2ccccc21.[O-][Cl+3]([O-])([O-])[O-].[O-][Cl+3]([O-])([O-])[O-].[O-][Cl+3]([O-])([O-])[O-]. The smallest absolute Gasteiger partial charge is 0.361 e. The molecule has 142 heavy (non-hydrogen) atoms. The molecule has 0 bridgehead atoms. The Morgan fingerprint density at radius 2 is 0.718 bits per heavy atom. The fourth-order valence-electron chi connectivity index (χ4n) is 15.2. The molecule has 0 amide bonds. The zero-order valence-electron chi connectivity index (χ0n) is 82.4. The lowest BCUT2D eigenvalue weighted by Gasteiger charge is -2.21. The van der Waals surface area contributed by atoms with E-state index >= 15 is 0 Å². The first-order chi connectivity index (χ1) is 67.5. The Morgan fingerprint density at radius 1 is 0.366 bits per heavy atom. The fraction of sp³-hybridized carbons (Fsp3) is 0.164. The zero-order chi connectivity index (χ0) is 103. The number of para-hydroxylation sites is 2. The van der Waals surface area contributed by atoms with Gasteiger partial charge in [-0.2, -0.15) is 0 Å². The summed E-state index contributed by atoms with van der Waals surface area (Å²) in [7, 11) is 18.3. The van der Waals surface area contributed by atoms with Crippen molar-refractivity contribution in [3.63, 3.8) is 0 Å². The van der Waals surface area contributed by atoms with Crippen LogP contribution < -0.4 is 90.0 Å². The van der Waals surface area contributed by atoms with Crippen molar-refractivity contribution in [3.8, 4) is 17.1 Å². The summed E-state index contributed by atoms with van der Waals surface area (Å²) in [6.45, 7) is 0. The summed E-state index contributed by atoms with van der Waals surface area (Å²) in [6.07, 6.45) is 48.7. The molecule has 0 fully saturated rings. The average Bonchev–Trinajstić information content (AvgIpc) is 0.882. The maximum absolute atomic E-state index is 8.49. The van der Waals surface area contributed by atoms with E-state index in [9.17, 15) is 0 Å². The van der Waals surface area contributed by atoms with Crippen LogP contribution in [0.1, 0.15) is 69.3 Å². The van der Waals surface area contributed by atoms with Gasteiger partial charge in [0.05, 0.1) is 17.0 Å². The molecule has 0 spiro atoms. The van der Waals surface area contributed by atoms with E-state index in [0.717, 1.165) is 91.5 Å². The minimum atomic E-state index is -4.94. The van der Waals surface area contributed by atoms with Gasteiger partial charge in [-0.05, 0) is 230 Å². The van der Waals surface area contributed by atoms with Crippen molar-refractivity contribution < 1.29 is 105 Å². The average molecular weight is 1990 g/mol. The van der Waals surface area contributed by atoms with Crippen molar-refractivity contribution >= 4 is 108 Å². The molecule has 0 unspecified atom stereocenters. The molecular weight excluding hydrogens is 1870 g/mol. The maximum Gasteiger partial charge on any atom is 0.361 e. The lowest BCUT2D eigenvalue weighted by Crippen LogP contribution is -2.68. The Morgan fingerprint density at radius 3 is 1.11 bits per heavy atom. The van der Waals surface area contributed by atoms with Gasteiger partial charge in [0.2, 0.25) is 0 Å². The second-order valence-electron chi connectivity index (χ2n) is 34.5. The summed E-state index contributed by atoms with van der Waals surface area (Å²) in [5.74, 6) is 2.54. The number of hydrogen-bond donors (Lipinski definition) is 0. The first-order valence-corrected chi connectivity index (χ1v) is 49.3. The fourth-order valence-corrected chi connectivity index (χ4v) is 15.5. The van der Waals surface area contributed by atoms with Gasteiger partial charge in [0.1, 0.15) is 39.7 Å². The van der Waals surface area contributed by atoms with Crippen molar-refractivity contribution in [1.29, 1.82) is 0 Å².